The molecule has 2 aromatic carbocycles. The minimum atomic E-state index is -0.595. The molecule has 148 valence electrons. The lowest BCUT2D eigenvalue weighted by Gasteiger charge is -2.15. The number of ether oxygens (including phenoxy) is 1. The summed E-state index contributed by atoms with van der Waals surface area (Å²) in [6, 6.07) is 19.2. The summed E-state index contributed by atoms with van der Waals surface area (Å²) in [5.74, 6) is -0.200. The maximum Gasteiger partial charge on any atom is 0.317 e. The molecule has 1 amide bonds. The number of anilines is 1. The molecule has 1 fully saturated rings. The second kappa shape index (κ2) is 7.54. The molecule has 0 spiro atoms. The van der Waals surface area contributed by atoms with Gasteiger partial charge in [0.15, 0.2) is 6.61 Å². The Morgan fingerprint density at radius 2 is 1.76 bits per heavy atom. The summed E-state index contributed by atoms with van der Waals surface area (Å²) in [5, 5.41) is 7.24. The Morgan fingerprint density at radius 3 is 2.41 bits per heavy atom. The van der Waals surface area contributed by atoms with Crippen molar-refractivity contribution in [2.24, 2.45) is 0 Å². The van der Waals surface area contributed by atoms with E-state index < -0.39 is 11.3 Å². The van der Waals surface area contributed by atoms with Crippen molar-refractivity contribution in [1.82, 2.24) is 9.78 Å². The fourth-order valence-electron chi connectivity index (χ4n) is 3.41. The van der Waals surface area contributed by atoms with Gasteiger partial charge in [-0.1, -0.05) is 48.0 Å². The number of hydrogen-bond donors (Lipinski definition) is 1. The fraction of sp³-hybridized carbons (Fsp3) is 0.261. The van der Waals surface area contributed by atoms with Crippen LogP contribution in [0.3, 0.4) is 0 Å². The van der Waals surface area contributed by atoms with Gasteiger partial charge in [0.05, 0.1) is 16.8 Å². The van der Waals surface area contributed by atoms with Gasteiger partial charge in [0.25, 0.3) is 5.91 Å². The zero-order valence-electron chi connectivity index (χ0n) is 16.5. The third-order valence-corrected chi connectivity index (χ3v) is 5.18. The highest BCUT2D eigenvalue weighted by Crippen LogP contribution is 2.49. The molecule has 0 unspecified atom stereocenters. The summed E-state index contributed by atoms with van der Waals surface area (Å²) >= 11 is 0. The first kappa shape index (κ1) is 18.9. The van der Waals surface area contributed by atoms with Gasteiger partial charge < -0.3 is 10.1 Å². The molecular formula is C23H23N3O3. The van der Waals surface area contributed by atoms with Crippen molar-refractivity contribution in [3.8, 4) is 5.69 Å². The van der Waals surface area contributed by atoms with Crippen LogP contribution >= 0.6 is 0 Å². The number of aromatic nitrogens is 2. The molecule has 3 aromatic rings. The molecule has 0 bridgehead atoms. The van der Waals surface area contributed by atoms with Gasteiger partial charge in [0.1, 0.15) is 5.82 Å². The molecular weight excluding hydrogens is 366 g/mol. The molecule has 0 aliphatic heterocycles. The number of benzene rings is 2. The van der Waals surface area contributed by atoms with E-state index in [2.05, 4.69) is 10.4 Å². The van der Waals surface area contributed by atoms with E-state index in [-0.39, 0.29) is 12.6 Å². The number of esters is 1. The molecule has 1 aliphatic rings. The standard InChI is InChI=1S/C23H23N3O3/c1-16-8-10-19(11-9-16)26-20(14-17(2)25-26)24-21(27)15-29-22(28)23(12-13-23)18-6-4-3-5-7-18/h3-11,14H,12-13,15H2,1-2H3,(H,24,27). The number of rotatable bonds is 6. The number of nitrogens with zero attached hydrogens (tertiary/aromatic N) is 2. The lowest BCUT2D eigenvalue weighted by molar-refractivity contribution is -0.150. The van der Waals surface area contributed by atoms with Crippen LogP contribution in [0.15, 0.2) is 60.7 Å². The number of aryl methyl sites for hydroxylation is 2. The molecule has 1 saturated carbocycles. The first-order valence-electron chi connectivity index (χ1n) is 9.64. The molecule has 0 atom stereocenters. The Bertz CT molecular complexity index is 1030. The molecule has 0 radical (unpaired) electrons. The zero-order chi connectivity index (χ0) is 20.4. The molecule has 0 saturated heterocycles. The largest absolute Gasteiger partial charge is 0.455 e. The van der Waals surface area contributed by atoms with Crippen LogP contribution in [-0.4, -0.2) is 28.3 Å². The van der Waals surface area contributed by atoms with Gasteiger partial charge in [0.2, 0.25) is 0 Å². The number of nitrogens with one attached hydrogen (secondary N) is 1. The van der Waals surface area contributed by atoms with E-state index in [4.69, 9.17) is 4.74 Å². The summed E-state index contributed by atoms with van der Waals surface area (Å²) in [6.07, 6.45) is 1.49. The van der Waals surface area contributed by atoms with E-state index in [1.807, 2.05) is 68.4 Å². The van der Waals surface area contributed by atoms with E-state index in [0.717, 1.165) is 35.3 Å². The summed E-state index contributed by atoms with van der Waals surface area (Å²) in [4.78, 5) is 25.0. The first-order chi connectivity index (χ1) is 14.0. The monoisotopic (exact) mass is 389 g/mol. The van der Waals surface area contributed by atoms with Crippen LogP contribution in [-0.2, 0) is 19.7 Å². The van der Waals surface area contributed by atoms with Crippen molar-refractivity contribution in [2.75, 3.05) is 11.9 Å². The third-order valence-electron chi connectivity index (χ3n) is 5.18. The number of carbonyl (C=O) groups excluding carboxylic acids is 2. The van der Waals surface area contributed by atoms with Crippen LogP contribution in [0.5, 0.6) is 0 Å². The molecule has 1 N–H and O–H groups in total. The van der Waals surface area contributed by atoms with Crippen molar-refractivity contribution >= 4 is 17.7 Å². The highest BCUT2D eigenvalue weighted by Gasteiger charge is 2.52. The molecule has 29 heavy (non-hydrogen) atoms. The summed E-state index contributed by atoms with van der Waals surface area (Å²) in [6.45, 7) is 3.54. The van der Waals surface area contributed by atoms with Gasteiger partial charge in [-0.25, -0.2) is 4.68 Å². The average molecular weight is 389 g/mol. The topological polar surface area (TPSA) is 73.2 Å². The van der Waals surface area contributed by atoms with Crippen molar-refractivity contribution in [2.45, 2.75) is 32.1 Å². The molecule has 6 nitrogen and oxygen atoms in total. The summed E-state index contributed by atoms with van der Waals surface area (Å²) in [7, 11) is 0. The Morgan fingerprint density at radius 1 is 1.07 bits per heavy atom. The molecule has 1 aliphatic carbocycles. The quantitative estimate of drug-likeness (QED) is 0.653. The van der Waals surface area contributed by atoms with Gasteiger partial charge >= 0.3 is 5.97 Å². The van der Waals surface area contributed by atoms with E-state index in [1.54, 1.807) is 10.7 Å². The van der Waals surface area contributed by atoms with Crippen LogP contribution < -0.4 is 5.32 Å². The van der Waals surface area contributed by atoms with Gasteiger partial charge in [0, 0.05) is 6.07 Å². The summed E-state index contributed by atoms with van der Waals surface area (Å²) < 4.78 is 7.01. The minimum absolute atomic E-state index is 0.328. The van der Waals surface area contributed by atoms with Gasteiger partial charge in [-0.2, -0.15) is 5.10 Å². The van der Waals surface area contributed by atoms with Crippen LogP contribution in [0.4, 0.5) is 5.82 Å². The smallest absolute Gasteiger partial charge is 0.317 e. The van der Waals surface area contributed by atoms with Crippen LogP contribution in [0.2, 0.25) is 0 Å². The Balaban J connectivity index is 1.41. The zero-order valence-corrected chi connectivity index (χ0v) is 16.5. The van der Waals surface area contributed by atoms with Crippen LogP contribution in [0, 0.1) is 13.8 Å². The van der Waals surface area contributed by atoms with Crippen LogP contribution in [0.1, 0.15) is 29.7 Å². The Kier molecular flexibility index (Phi) is 4.92. The highest BCUT2D eigenvalue weighted by molar-refractivity contribution is 5.94. The summed E-state index contributed by atoms with van der Waals surface area (Å²) in [5.41, 5.74) is 3.11. The molecule has 1 aromatic heterocycles. The van der Waals surface area contributed by atoms with E-state index in [0.29, 0.717) is 5.82 Å². The number of carbonyl (C=O) groups is 2. The lowest BCUT2D eigenvalue weighted by Crippen LogP contribution is -2.28. The minimum Gasteiger partial charge on any atom is -0.455 e. The Labute approximate surface area is 169 Å². The molecule has 1 heterocycles. The normalized spacial score (nSPS) is 14.3. The van der Waals surface area contributed by atoms with E-state index in [1.165, 1.54) is 0 Å². The number of amides is 1. The van der Waals surface area contributed by atoms with Gasteiger partial charge in [-0.15, -0.1) is 0 Å². The second-order valence-electron chi connectivity index (χ2n) is 7.49. The van der Waals surface area contributed by atoms with Crippen molar-refractivity contribution in [3.63, 3.8) is 0 Å². The second-order valence-corrected chi connectivity index (χ2v) is 7.49. The fourth-order valence-corrected chi connectivity index (χ4v) is 3.41. The maximum absolute atomic E-state index is 12.6. The lowest BCUT2D eigenvalue weighted by atomic mass is 9.96. The SMILES string of the molecule is Cc1ccc(-n2nc(C)cc2NC(=O)COC(=O)C2(c3ccccc3)CC2)cc1. The predicted molar refractivity (Wildman–Crippen MR) is 110 cm³/mol. The predicted octanol–water partition coefficient (Wildman–Crippen LogP) is 3.70. The van der Waals surface area contributed by atoms with E-state index >= 15 is 0 Å². The van der Waals surface area contributed by atoms with Crippen LogP contribution in [0.25, 0.3) is 5.69 Å². The average Bonchev–Trinajstić information content (AvgIpc) is 3.46. The highest BCUT2D eigenvalue weighted by atomic mass is 16.5. The van der Waals surface area contributed by atoms with Crippen molar-refractivity contribution in [3.05, 3.63) is 77.5 Å². The van der Waals surface area contributed by atoms with Gasteiger partial charge in [-0.05, 0) is 44.4 Å². The van der Waals surface area contributed by atoms with Crippen molar-refractivity contribution < 1.29 is 14.3 Å². The Hall–Kier alpha value is -3.41. The van der Waals surface area contributed by atoms with Gasteiger partial charge in [-0.3, -0.25) is 9.59 Å². The molecule has 6 heteroatoms. The first-order valence-corrected chi connectivity index (χ1v) is 9.64. The molecule has 4 rings (SSSR count). The van der Waals surface area contributed by atoms with E-state index in [9.17, 15) is 9.59 Å². The maximum atomic E-state index is 12.6. The van der Waals surface area contributed by atoms with Crippen molar-refractivity contribution in [1.29, 1.82) is 0 Å². The third kappa shape index (κ3) is 3.92. The number of hydrogen-bond acceptors (Lipinski definition) is 4.